The van der Waals surface area contributed by atoms with E-state index in [0.29, 0.717) is 18.7 Å². The Morgan fingerprint density at radius 2 is 2.25 bits per heavy atom. The summed E-state index contributed by atoms with van der Waals surface area (Å²) in [6.07, 6.45) is -0.124. The van der Waals surface area contributed by atoms with Gasteiger partial charge in [-0.1, -0.05) is 12.1 Å². The van der Waals surface area contributed by atoms with Crippen LogP contribution in [0.25, 0.3) is 0 Å². The lowest BCUT2D eigenvalue weighted by molar-refractivity contribution is 0.0495. The van der Waals surface area contributed by atoms with Gasteiger partial charge in [0.05, 0.1) is 24.5 Å². The van der Waals surface area contributed by atoms with E-state index >= 15 is 0 Å². The third-order valence-corrected chi connectivity index (χ3v) is 5.55. The summed E-state index contributed by atoms with van der Waals surface area (Å²) in [6, 6.07) is 5.84. The fraction of sp³-hybridized carbons (Fsp3) is 0.538. The van der Waals surface area contributed by atoms with Crippen LogP contribution in [0, 0.1) is 5.82 Å². The number of fused-ring (bicyclic) bond motifs is 1. The van der Waals surface area contributed by atoms with Gasteiger partial charge in [0.1, 0.15) is 5.82 Å². The number of nitrogens with one attached hydrogen (secondary N) is 1. The number of benzene rings is 1. The summed E-state index contributed by atoms with van der Waals surface area (Å²) in [5.74, 6) is -0.373. The lowest BCUT2D eigenvalue weighted by atomic mass is 10.1. The summed E-state index contributed by atoms with van der Waals surface area (Å²) in [4.78, 5) is 0. The van der Waals surface area contributed by atoms with Crippen LogP contribution in [0.2, 0.25) is 0 Å². The molecule has 7 heteroatoms. The summed E-state index contributed by atoms with van der Waals surface area (Å²) in [5.41, 5.74) is 0.654. The standard InChI is InChI=1S/C13H17FN2O3S/c14-11-3-1-2-10(6-11)9-16-12-7-15-8-13(12)19-4-5-20(16,17)18/h1-3,6,12-13,15H,4-5,7-9H2/t12-,13+/m1/s1. The van der Waals surface area contributed by atoms with E-state index in [1.165, 1.54) is 16.4 Å². The van der Waals surface area contributed by atoms with Crippen LogP contribution in [-0.4, -0.2) is 50.3 Å². The molecular formula is C13H17FN2O3S. The van der Waals surface area contributed by atoms with Crippen molar-refractivity contribution in [3.63, 3.8) is 0 Å². The highest BCUT2D eigenvalue weighted by molar-refractivity contribution is 7.89. The number of halogens is 1. The Bertz CT molecular complexity index is 593. The van der Waals surface area contributed by atoms with Crippen molar-refractivity contribution in [2.24, 2.45) is 0 Å². The number of hydrogen-bond donors (Lipinski definition) is 1. The van der Waals surface area contributed by atoms with E-state index in [0.717, 1.165) is 0 Å². The van der Waals surface area contributed by atoms with Crippen LogP contribution >= 0.6 is 0 Å². The van der Waals surface area contributed by atoms with Gasteiger partial charge in [0, 0.05) is 19.6 Å². The molecule has 1 aromatic carbocycles. The fourth-order valence-electron chi connectivity index (χ4n) is 2.76. The summed E-state index contributed by atoms with van der Waals surface area (Å²) < 4.78 is 45.0. The predicted octanol–water partition coefficient (Wildman–Crippen LogP) is 0.328. The maximum Gasteiger partial charge on any atom is 0.217 e. The lowest BCUT2D eigenvalue weighted by Gasteiger charge is -2.28. The minimum absolute atomic E-state index is 0.0185. The molecule has 20 heavy (non-hydrogen) atoms. The molecule has 2 saturated heterocycles. The predicted molar refractivity (Wildman–Crippen MR) is 72.1 cm³/mol. The van der Waals surface area contributed by atoms with Crippen molar-refractivity contribution in [3.8, 4) is 0 Å². The Kier molecular flexibility index (Phi) is 3.76. The molecule has 1 aromatic rings. The van der Waals surface area contributed by atoms with E-state index in [2.05, 4.69) is 5.32 Å². The molecule has 2 fully saturated rings. The zero-order valence-electron chi connectivity index (χ0n) is 11.0. The van der Waals surface area contributed by atoms with Gasteiger partial charge < -0.3 is 10.1 Å². The first-order valence-electron chi connectivity index (χ1n) is 6.62. The molecule has 0 radical (unpaired) electrons. The second-order valence-electron chi connectivity index (χ2n) is 5.13. The van der Waals surface area contributed by atoms with Crippen molar-refractivity contribution < 1.29 is 17.5 Å². The summed E-state index contributed by atoms with van der Waals surface area (Å²) in [6.45, 7) is 1.62. The van der Waals surface area contributed by atoms with Crippen LogP contribution < -0.4 is 5.32 Å². The molecule has 2 heterocycles. The van der Waals surface area contributed by atoms with Gasteiger partial charge in [0.25, 0.3) is 0 Å². The number of nitrogens with zero attached hydrogens (tertiary/aromatic N) is 1. The zero-order valence-corrected chi connectivity index (χ0v) is 11.8. The van der Waals surface area contributed by atoms with Crippen LogP contribution in [0.3, 0.4) is 0 Å². The van der Waals surface area contributed by atoms with Crippen molar-refractivity contribution in [1.29, 1.82) is 0 Å². The Hall–Kier alpha value is -1.02. The van der Waals surface area contributed by atoms with Gasteiger partial charge in [-0.2, -0.15) is 4.31 Å². The first kappa shape index (κ1) is 13.9. The minimum Gasteiger partial charge on any atom is -0.374 e. The second kappa shape index (κ2) is 5.40. The SMILES string of the molecule is O=S1(=O)CCO[C@H]2CNC[C@H]2N1Cc1cccc(F)c1. The molecule has 2 aliphatic rings. The molecule has 110 valence electrons. The van der Waals surface area contributed by atoms with Gasteiger partial charge in [0.2, 0.25) is 10.0 Å². The highest BCUT2D eigenvalue weighted by atomic mass is 32.2. The van der Waals surface area contributed by atoms with E-state index in [4.69, 9.17) is 4.74 Å². The Balaban J connectivity index is 1.90. The van der Waals surface area contributed by atoms with Gasteiger partial charge in [-0.3, -0.25) is 0 Å². The number of ether oxygens (including phenoxy) is 1. The van der Waals surface area contributed by atoms with Crippen LogP contribution in [0.1, 0.15) is 5.56 Å². The Labute approximate surface area is 117 Å². The van der Waals surface area contributed by atoms with E-state index < -0.39 is 10.0 Å². The minimum atomic E-state index is -3.38. The van der Waals surface area contributed by atoms with Crippen molar-refractivity contribution in [2.75, 3.05) is 25.4 Å². The van der Waals surface area contributed by atoms with Crippen LogP contribution in [0.5, 0.6) is 0 Å². The average Bonchev–Trinajstić information content (AvgIpc) is 2.79. The molecule has 0 saturated carbocycles. The third kappa shape index (κ3) is 2.71. The largest absolute Gasteiger partial charge is 0.374 e. The highest BCUT2D eigenvalue weighted by Crippen LogP contribution is 2.23. The number of hydrogen-bond acceptors (Lipinski definition) is 4. The van der Waals surface area contributed by atoms with Gasteiger partial charge >= 0.3 is 0 Å². The molecule has 3 rings (SSSR count). The topological polar surface area (TPSA) is 58.6 Å². The zero-order chi connectivity index (χ0) is 14.2. The molecule has 1 N–H and O–H groups in total. The third-order valence-electron chi connectivity index (χ3n) is 3.76. The smallest absolute Gasteiger partial charge is 0.217 e. The molecule has 0 amide bonds. The van der Waals surface area contributed by atoms with Crippen LogP contribution in [-0.2, 0) is 21.3 Å². The van der Waals surface area contributed by atoms with E-state index in [-0.39, 0.29) is 36.9 Å². The van der Waals surface area contributed by atoms with Gasteiger partial charge in [-0.25, -0.2) is 12.8 Å². The van der Waals surface area contributed by atoms with E-state index in [1.54, 1.807) is 12.1 Å². The van der Waals surface area contributed by atoms with Crippen molar-refractivity contribution in [3.05, 3.63) is 35.6 Å². The quantitative estimate of drug-likeness (QED) is 0.855. The maximum absolute atomic E-state index is 13.3. The normalized spacial score (nSPS) is 29.9. The van der Waals surface area contributed by atoms with E-state index in [9.17, 15) is 12.8 Å². The molecule has 0 aromatic heterocycles. The molecule has 0 unspecified atom stereocenters. The fourth-order valence-corrected chi connectivity index (χ4v) is 4.27. The number of sulfonamides is 1. The number of rotatable bonds is 2. The lowest BCUT2D eigenvalue weighted by Crippen LogP contribution is -2.45. The molecule has 0 aliphatic carbocycles. The summed E-state index contributed by atoms with van der Waals surface area (Å²) >= 11 is 0. The van der Waals surface area contributed by atoms with E-state index in [1.807, 2.05) is 0 Å². The molecule has 5 nitrogen and oxygen atoms in total. The highest BCUT2D eigenvalue weighted by Gasteiger charge is 2.41. The molecule has 0 spiro atoms. The monoisotopic (exact) mass is 300 g/mol. The maximum atomic E-state index is 13.3. The second-order valence-corrected chi connectivity index (χ2v) is 7.17. The van der Waals surface area contributed by atoms with Crippen molar-refractivity contribution in [2.45, 2.75) is 18.7 Å². The molecular weight excluding hydrogens is 283 g/mol. The first-order chi connectivity index (χ1) is 9.56. The van der Waals surface area contributed by atoms with Crippen LogP contribution in [0.15, 0.2) is 24.3 Å². The Morgan fingerprint density at radius 3 is 3.05 bits per heavy atom. The van der Waals surface area contributed by atoms with Crippen LogP contribution in [0.4, 0.5) is 4.39 Å². The first-order valence-corrected chi connectivity index (χ1v) is 8.23. The summed E-state index contributed by atoms with van der Waals surface area (Å²) in [7, 11) is -3.38. The van der Waals surface area contributed by atoms with Gasteiger partial charge in [-0.05, 0) is 17.7 Å². The summed E-state index contributed by atoms with van der Waals surface area (Å²) in [5, 5.41) is 3.15. The average molecular weight is 300 g/mol. The Morgan fingerprint density at radius 1 is 1.40 bits per heavy atom. The van der Waals surface area contributed by atoms with Crippen molar-refractivity contribution >= 4 is 10.0 Å². The van der Waals surface area contributed by atoms with Gasteiger partial charge in [-0.15, -0.1) is 0 Å². The van der Waals surface area contributed by atoms with Gasteiger partial charge in [0.15, 0.2) is 0 Å². The van der Waals surface area contributed by atoms with Crippen molar-refractivity contribution in [1.82, 2.24) is 9.62 Å². The molecule has 2 atom stereocenters. The molecule has 2 aliphatic heterocycles. The molecule has 0 bridgehead atoms.